The third-order valence-corrected chi connectivity index (χ3v) is 5.96. The summed E-state index contributed by atoms with van der Waals surface area (Å²) in [5.41, 5.74) is 5.73. The SMILES string of the molecule is CC(=O)c1cccc(N(C(=O)CS(C)(=O)=O)[C@@H](CCCSCC(=O)C(F)(F)F)C(N)=O)c1. The van der Waals surface area contributed by atoms with Gasteiger partial charge in [-0.15, -0.1) is 0 Å². The van der Waals surface area contributed by atoms with Crippen molar-refractivity contribution in [3.63, 3.8) is 0 Å². The minimum Gasteiger partial charge on any atom is -0.368 e. The number of sulfone groups is 1. The summed E-state index contributed by atoms with van der Waals surface area (Å²) in [5.74, 6) is -5.78. The van der Waals surface area contributed by atoms with Gasteiger partial charge in [0.1, 0.15) is 11.8 Å². The Labute approximate surface area is 187 Å². The van der Waals surface area contributed by atoms with Crippen molar-refractivity contribution in [3.05, 3.63) is 29.8 Å². The fourth-order valence-electron chi connectivity index (χ4n) is 2.69. The molecule has 1 aromatic carbocycles. The van der Waals surface area contributed by atoms with Gasteiger partial charge in [0, 0.05) is 17.5 Å². The molecule has 32 heavy (non-hydrogen) atoms. The smallest absolute Gasteiger partial charge is 0.368 e. The molecule has 1 rings (SSSR count). The Morgan fingerprint density at radius 3 is 2.31 bits per heavy atom. The number of hydrogen-bond acceptors (Lipinski definition) is 7. The molecule has 0 bridgehead atoms. The molecule has 1 atom stereocenters. The van der Waals surface area contributed by atoms with Crippen LogP contribution in [-0.2, 0) is 24.2 Å². The molecule has 1 aromatic rings. The van der Waals surface area contributed by atoms with E-state index in [9.17, 15) is 40.8 Å². The number of nitrogens with zero attached hydrogens (tertiary/aromatic N) is 1. The average Bonchev–Trinajstić information content (AvgIpc) is 2.64. The summed E-state index contributed by atoms with van der Waals surface area (Å²) in [4.78, 5) is 48.4. The highest BCUT2D eigenvalue weighted by atomic mass is 32.2. The molecule has 0 heterocycles. The first kappa shape index (κ1) is 27.6. The molecule has 0 aliphatic rings. The van der Waals surface area contributed by atoms with Crippen LogP contribution in [0.1, 0.15) is 30.1 Å². The molecular weight excluding hydrogens is 473 g/mol. The molecule has 178 valence electrons. The van der Waals surface area contributed by atoms with Crippen LogP contribution in [0.2, 0.25) is 0 Å². The van der Waals surface area contributed by atoms with E-state index in [0.717, 1.165) is 11.2 Å². The van der Waals surface area contributed by atoms with E-state index < -0.39 is 51.2 Å². The second-order valence-corrected chi connectivity index (χ2v) is 10.2. The Hall–Kier alpha value is -2.41. The number of carbonyl (C=O) groups excluding carboxylic acids is 4. The molecule has 13 heteroatoms. The van der Waals surface area contributed by atoms with Crippen molar-refractivity contribution >= 4 is 50.7 Å². The number of primary amides is 1. The van der Waals surface area contributed by atoms with Crippen molar-refractivity contribution in [1.82, 2.24) is 0 Å². The van der Waals surface area contributed by atoms with Crippen LogP contribution in [0, 0.1) is 0 Å². The lowest BCUT2D eigenvalue weighted by atomic mass is 10.1. The Kier molecular flexibility index (Phi) is 9.89. The molecule has 8 nitrogen and oxygen atoms in total. The Bertz CT molecular complexity index is 980. The monoisotopic (exact) mass is 496 g/mol. The topological polar surface area (TPSA) is 132 Å². The quantitative estimate of drug-likeness (QED) is 0.345. The van der Waals surface area contributed by atoms with E-state index in [1.54, 1.807) is 0 Å². The van der Waals surface area contributed by atoms with Crippen molar-refractivity contribution in [2.75, 3.05) is 28.4 Å². The maximum Gasteiger partial charge on any atom is 0.450 e. The van der Waals surface area contributed by atoms with E-state index in [1.807, 2.05) is 0 Å². The highest BCUT2D eigenvalue weighted by molar-refractivity contribution is 7.99. The number of Topliss-reactive ketones (excluding diaryl/α,β-unsaturated/α-hetero) is 2. The fourth-order valence-corrected chi connectivity index (χ4v) is 4.14. The number of amides is 2. The van der Waals surface area contributed by atoms with Crippen molar-refractivity contribution < 1.29 is 40.8 Å². The fraction of sp³-hybridized carbons (Fsp3) is 0.474. The average molecular weight is 497 g/mol. The number of hydrogen-bond donors (Lipinski definition) is 1. The number of alkyl halides is 3. The molecule has 0 aromatic heterocycles. The zero-order chi connectivity index (χ0) is 24.7. The predicted molar refractivity (Wildman–Crippen MR) is 114 cm³/mol. The molecule has 0 fully saturated rings. The van der Waals surface area contributed by atoms with Crippen LogP contribution in [0.3, 0.4) is 0 Å². The maximum atomic E-state index is 12.8. The molecule has 0 unspecified atom stereocenters. The Balaban J connectivity index is 3.08. The summed E-state index contributed by atoms with van der Waals surface area (Å²) in [7, 11) is -3.77. The molecule has 2 N–H and O–H groups in total. The molecule has 0 aliphatic carbocycles. The largest absolute Gasteiger partial charge is 0.450 e. The van der Waals surface area contributed by atoms with Gasteiger partial charge in [-0.25, -0.2) is 8.42 Å². The van der Waals surface area contributed by atoms with Gasteiger partial charge < -0.3 is 5.73 Å². The molecule has 0 aliphatic heterocycles. The van der Waals surface area contributed by atoms with E-state index in [1.165, 1.54) is 31.2 Å². The van der Waals surface area contributed by atoms with Gasteiger partial charge in [-0.1, -0.05) is 12.1 Å². The van der Waals surface area contributed by atoms with Crippen LogP contribution in [0.15, 0.2) is 24.3 Å². The zero-order valence-corrected chi connectivity index (χ0v) is 19.0. The number of rotatable bonds is 12. The first-order valence-corrected chi connectivity index (χ1v) is 12.4. The van der Waals surface area contributed by atoms with Gasteiger partial charge in [-0.2, -0.15) is 24.9 Å². The maximum absolute atomic E-state index is 12.8. The number of thioether (sulfide) groups is 1. The lowest BCUT2D eigenvalue weighted by Gasteiger charge is -2.30. The van der Waals surface area contributed by atoms with Crippen LogP contribution in [0.4, 0.5) is 18.9 Å². The van der Waals surface area contributed by atoms with Crippen molar-refractivity contribution in [1.29, 1.82) is 0 Å². The molecule has 0 saturated carbocycles. The second-order valence-electron chi connectivity index (χ2n) is 6.97. The molecule has 0 radical (unpaired) electrons. The van der Waals surface area contributed by atoms with E-state index in [4.69, 9.17) is 5.73 Å². The second kappa shape index (κ2) is 11.5. The molecule has 2 amide bonds. The van der Waals surface area contributed by atoms with Gasteiger partial charge in [-0.3, -0.25) is 24.1 Å². The van der Waals surface area contributed by atoms with Gasteiger partial charge in [0.05, 0.1) is 5.75 Å². The van der Waals surface area contributed by atoms with Crippen LogP contribution in [0.5, 0.6) is 0 Å². The highest BCUT2D eigenvalue weighted by Gasteiger charge is 2.37. The molecular formula is C19H23F3N2O6S2. The number of ketones is 2. The van der Waals surface area contributed by atoms with Gasteiger partial charge in [0.2, 0.25) is 17.6 Å². The number of nitrogens with two attached hydrogens (primary N) is 1. The summed E-state index contributed by atoms with van der Waals surface area (Å²) in [6, 6.07) is 4.32. The summed E-state index contributed by atoms with van der Waals surface area (Å²) in [6.07, 6.45) is -4.08. The summed E-state index contributed by atoms with van der Waals surface area (Å²) < 4.78 is 60.1. The summed E-state index contributed by atoms with van der Waals surface area (Å²) >= 11 is 0.709. The van der Waals surface area contributed by atoms with E-state index in [0.29, 0.717) is 11.8 Å². The highest BCUT2D eigenvalue weighted by Crippen LogP contribution is 2.24. The Morgan fingerprint density at radius 1 is 1.19 bits per heavy atom. The lowest BCUT2D eigenvalue weighted by Crippen LogP contribution is -2.50. The van der Waals surface area contributed by atoms with E-state index in [2.05, 4.69) is 0 Å². The molecule has 0 spiro atoms. The van der Waals surface area contributed by atoms with Gasteiger partial charge in [-0.05, 0) is 37.7 Å². The Morgan fingerprint density at radius 2 is 1.81 bits per heavy atom. The third kappa shape index (κ3) is 8.99. The first-order chi connectivity index (χ1) is 14.6. The van der Waals surface area contributed by atoms with Crippen LogP contribution in [0.25, 0.3) is 0 Å². The van der Waals surface area contributed by atoms with Crippen LogP contribution >= 0.6 is 11.8 Å². The van der Waals surface area contributed by atoms with Crippen molar-refractivity contribution in [2.45, 2.75) is 32.0 Å². The zero-order valence-electron chi connectivity index (χ0n) is 17.3. The predicted octanol–water partition coefficient (Wildman–Crippen LogP) is 1.77. The number of anilines is 1. The lowest BCUT2D eigenvalue weighted by molar-refractivity contribution is -0.167. The third-order valence-electron chi connectivity index (χ3n) is 4.14. The standard InChI is InChI=1S/C19H23F3N2O6S2/c1-12(25)13-5-3-6-14(9-13)24(17(27)11-32(2,29)30)15(18(23)28)7-4-8-31-10-16(26)19(20,21)22/h3,5-6,9,15H,4,7-8,10-11H2,1-2H3,(H2,23,28)/t15-/m0/s1. The van der Waals surface area contributed by atoms with Crippen LogP contribution < -0.4 is 10.6 Å². The molecule has 0 saturated heterocycles. The van der Waals surface area contributed by atoms with Crippen molar-refractivity contribution in [3.8, 4) is 0 Å². The van der Waals surface area contributed by atoms with Gasteiger partial charge >= 0.3 is 6.18 Å². The van der Waals surface area contributed by atoms with Gasteiger partial charge in [0.15, 0.2) is 15.6 Å². The number of halogens is 3. The number of benzene rings is 1. The van der Waals surface area contributed by atoms with Crippen molar-refractivity contribution in [2.24, 2.45) is 5.73 Å². The minimum absolute atomic E-state index is 0.0627. The normalized spacial score (nSPS) is 12.8. The summed E-state index contributed by atoms with van der Waals surface area (Å²) in [5, 5.41) is 0. The van der Waals surface area contributed by atoms with Gasteiger partial charge in [0.25, 0.3) is 0 Å². The van der Waals surface area contributed by atoms with Crippen LogP contribution in [-0.4, -0.2) is 67.5 Å². The van der Waals surface area contributed by atoms with E-state index in [-0.39, 0.29) is 35.6 Å². The first-order valence-electron chi connectivity index (χ1n) is 9.21. The minimum atomic E-state index is -4.93. The summed E-state index contributed by atoms with van der Waals surface area (Å²) in [6.45, 7) is 1.28. The van der Waals surface area contributed by atoms with E-state index >= 15 is 0 Å². The number of carbonyl (C=O) groups is 4.